The Morgan fingerprint density at radius 1 is 0.333 bits per heavy atom. The highest BCUT2D eigenvalue weighted by atomic mass is 15.4. The third-order valence-corrected chi connectivity index (χ3v) is 12.7. The number of aromatic nitrogens is 2. The maximum atomic E-state index is 5.41. The number of fused-ring (bicyclic) bond motifs is 9. The molecule has 280 valence electrons. The third-order valence-electron chi connectivity index (χ3n) is 12.7. The first-order valence-corrected chi connectivity index (χ1v) is 20.7. The van der Waals surface area contributed by atoms with Crippen LogP contribution in [0.4, 0.5) is 5.69 Å². The summed E-state index contributed by atoms with van der Waals surface area (Å²) in [6.07, 6.45) is -0.172. The summed E-state index contributed by atoms with van der Waals surface area (Å²) in [7, 11) is 0. The predicted octanol–water partition coefficient (Wildman–Crippen LogP) is 14.3. The fourth-order valence-electron chi connectivity index (χ4n) is 9.91. The lowest BCUT2D eigenvalue weighted by Gasteiger charge is -2.41. The Balaban J connectivity index is 0.977. The van der Waals surface area contributed by atoms with Crippen LogP contribution >= 0.6 is 0 Å². The lowest BCUT2D eigenvalue weighted by Crippen LogP contribution is -2.44. The zero-order chi connectivity index (χ0) is 39.3. The van der Waals surface area contributed by atoms with E-state index in [2.05, 4.69) is 226 Å². The van der Waals surface area contributed by atoms with E-state index in [4.69, 9.17) is 4.99 Å². The summed E-state index contributed by atoms with van der Waals surface area (Å²) in [4.78, 5) is 7.85. The molecule has 60 heavy (non-hydrogen) atoms. The fourth-order valence-corrected chi connectivity index (χ4v) is 9.91. The lowest BCUT2D eigenvalue weighted by molar-refractivity contribution is 0.692. The molecule has 2 aromatic heterocycles. The molecular formula is C56H36N4. The van der Waals surface area contributed by atoms with Crippen molar-refractivity contribution in [1.29, 1.82) is 0 Å². The first-order valence-electron chi connectivity index (χ1n) is 20.7. The van der Waals surface area contributed by atoms with Crippen molar-refractivity contribution in [3.63, 3.8) is 0 Å². The maximum Gasteiger partial charge on any atom is 0.155 e. The van der Waals surface area contributed by atoms with Crippen molar-refractivity contribution >= 4 is 87.5 Å². The van der Waals surface area contributed by atoms with Crippen LogP contribution in [-0.4, -0.2) is 15.0 Å². The molecule has 3 heterocycles. The van der Waals surface area contributed by atoms with E-state index in [1.807, 2.05) is 0 Å². The molecule has 4 nitrogen and oxygen atoms in total. The molecule has 0 saturated carbocycles. The van der Waals surface area contributed by atoms with Gasteiger partial charge in [-0.05, 0) is 93.2 Å². The van der Waals surface area contributed by atoms with Crippen LogP contribution < -0.4 is 4.90 Å². The fraction of sp³-hybridized carbons (Fsp3) is 0.0179. The quantitative estimate of drug-likeness (QED) is 0.171. The van der Waals surface area contributed by atoms with E-state index in [1.54, 1.807) is 0 Å². The number of hydrogen-bond donors (Lipinski definition) is 0. The van der Waals surface area contributed by atoms with Gasteiger partial charge in [-0.3, -0.25) is 4.90 Å². The summed E-state index contributed by atoms with van der Waals surface area (Å²) in [5, 5.41) is 12.3. The number of aliphatic imine (C=N–C) groups is 1. The van der Waals surface area contributed by atoms with Gasteiger partial charge in [0.15, 0.2) is 6.17 Å². The Morgan fingerprint density at radius 3 is 1.58 bits per heavy atom. The van der Waals surface area contributed by atoms with Crippen LogP contribution in [0, 0.1) is 0 Å². The predicted molar refractivity (Wildman–Crippen MR) is 252 cm³/mol. The van der Waals surface area contributed by atoms with E-state index >= 15 is 0 Å². The largest absolute Gasteiger partial charge is 0.309 e. The molecule has 0 radical (unpaired) electrons. The van der Waals surface area contributed by atoms with Crippen LogP contribution in [0.2, 0.25) is 0 Å². The van der Waals surface area contributed by atoms with Crippen molar-refractivity contribution in [2.45, 2.75) is 6.17 Å². The molecule has 4 heteroatoms. The zero-order valence-electron chi connectivity index (χ0n) is 32.6. The van der Waals surface area contributed by atoms with E-state index in [9.17, 15) is 0 Å². The van der Waals surface area contributed by atoms with Crippen molar-refractivity contribution in [3.8, 4) is 11.4 Å². The molecule has 0 fully saturated rings. The molecule has 0 N–H and O–H groups in total. The minimum Gasteiger partial charge on any atom is -0.309 e. The second-order valence-corrected chi connectivity index (χ2v) is 15.9. The topological polar surface area (TPSA) is 25.5 Å². The Labute approximate surface area is 346 Å². The highest BCUT2D eigenvalue weighted by molar-refractivity contribution is 6.22. The van der Waals surface area contributed by atoms with Gasteiger partial charge in [0.2, 0.25) is 0 Å². The first-order chi connectivity index (χ1) is 29.8. The van der Waals surface area contributed by atoms with Gasteiger partial charge in [-0.2, -0.15) is 0 Å². The Hall–Kier alpha value is -7.95. The van der Waals surface area contributed by atoms with Gasteiger partial charge in [-0.15, -0.1) is 0 Å². The third kappa shape index (κ3) is 4.82. The molecule has 12 aromatic rings. The standard InChI is InChI=1S/C56H36N4/c1-2-16-40-34-54-48(33-39(40)15-1)49-35-42(59-51-24-9-7-21-45(51)46-22-8-10-25-52(46)59)31-32-53(49)58(54)41-29-27-38(28-30-41)55-57-56(47-23-11-17-36-13-3-5-19-43(36)47)60(55)50-26-12-18-37-14-4-6-20-44(37)50/h1-35,55H. The number of anilines is 1. The summed E-state index contributed by atoms with van der Waals surface area (Å²) < 4.78 is 4.85. The molecule has 0 spiro atoms. The van der Waals surface area contributed by atoms with Gasteiger partial charge in [0.1, 0.15) is 5.84 Å². The minimum atomic E-state index is -0.172. The lowest BCUT2D eigenvalue weighted by atomic mass is 9.97. The molecule has 13 rings (SSSR count). The number of rotatable bonds is 5. The molecule has 1 atom stereocenters. The molecule has 10 aromatic carbocycles. The van der Waals surface area contributed by atoms with E-state index in [-0.39, 0.29) is 6.17 Å². The number of nitrogens with zero attached hydrogens (tertiary/aromatic N) is 4. The van der Waals surface area contributed by atoms with Gasteiger partial charge < -0.3 is 9.13 Å². The van der Waals surface area contributed by atoms with Gasteiger partial charge >= 0.3 is 0 Å². The summed E-state index contributed by atoms with van der Waals surface area (Å²) >= 11 is 0. The maximum absolute atomic E-state index is 5.41. The van der Waals surface area contributed by atoms with Crippen LogP contribution in [-0.2, 0) is 0 Å². The monoisotopic (exact) mass is 764 g/mol. The average molecular weight is 765 g/mol. The molecule has 0 bridgehead atoms. The Kier molecular flexibility index (Phi) is 7.04. The van der Waals surface area contributed by atoms with Crippen LogP contribution in [0.25, 0.3) is 87.3 Å². The number of amidine groups is 1. The van der Waals surface area contributed by atoms with E-state index in [0.717, 1.165) is 34.0 Å². The second kappa shape index (κ2) is 12.8. The highest BCUT2D eigenvalue weighted by Crippen LogP contribution is 2.43. The van der Waals surface area contributed by atoms with Crippen molar-refractivity contribution < 1.29 is 0 Å². The molecule has 1 unspecified atom stereocenters. The number of para-hydroxylation sites is 2. The van der Waals surface area contributed by atoms with Crippen molar-refractivity contribution in [2.75, 3.05) is 4.90 Å². The van der Waals surface area contributed by atoms with Crippen molar-refractivity contribution in [3.05, 3.63) is 223 Å². The van der Waals surface area contributed by atoms with Crippen molar-refractivity contribution in [2.24, 2.45) is 4.99 Å². The van der Waals surface area contributed by atoms with Crippen LogP contribution in [0.1, 0.15) is 17.3 Å². The van der Waals surface area contributed by atoms with Gasteiger partial charge in [0.05, 0.1) is 27.8 Å². The number of hydrogen-bond acceptors (Lipinski definition) is 2. The number of benzene rings is 10. The summed E-state index contributed by atoms with van der Waals surface area (Å²) in [6.45, 7) is 0. The molecule has 0 saturated heterocycles. The minimum absolute atomic E-state index is 0.172. The van der Waals surface area contributed by atoms with E-state index in [0.29, 0.717) is 0 Å². The highest BCUT2D eigenvalue weighted by Gasteiger charge is 2.36. The average Bonchev–Trinajstić information content (AvgIpc) is 3.80. The van der Waals surface area contributed by atoms with E-state index < -0.39 is 0 Å². The Bertz CT molecular complexity index is 3670. The SMILES string of the molecule is c1ccc2cc3c(cc2c1)c1cc(-n2c4ccccc4c4ccccc42)ccc1n3-c1ccc(C2N=C(c3cccc4ccccc34)N2c2cccc3ccccc23)cc1. The zero-order valence-corrected chi connectivity index (χ0v) is 32.6. The van der Waals surface area contributed by atoms with Gasteiger partial charge in [0.25, 0.3) is 0 Å². The van der Waals surface area contributed by atoms with Crippen molar-refractivity contribution in [1.82, 2.24) is 9.13 Å². The first kappa shape index (κ1) is 33.1. The summed E-state index contributed by atoms with van der Waals surface area (Å²) in [5.41, 5.74) is 10.5. The molecule has 1 aliphatic heterocycles. The normalized spacial score (nSPS) is 14.2. The smallest absolute Gasteiger partial charge is 0.155 e. The van der Waals surface area contributed by atoms with Gasteiger partial charge in [0, 0.05) is 43.9 Å². The summed E-state index contributed by atoms with van der Waals surface area (Å²) in [5.74, 6) is 0.991. The van der Waals surface area contributed by atoms with E-state index in [1.165, 1.54) is 75.9 Å². The molecule has 1 aliphatic rings. The van der Waals surface area contributed by atoms with Crippen LogP contribution in [0.15, 0.2) is 217 Å². The molecule has 0 aliphatic carbocycles. The summed E-state index contributed by atoms with van der Waals surface area (Å²) in [6, 6.07) is 77.3. The second-order valence-electron chi connectivity index (χ2n) is 15.9. The molecule has 0 amide bonds. The van der Waals surface area contributed by atoms with Gasteiger partial charge in [-0.1, -0.05) is 152 Å². The van der Waals surface area contributed by atoms with Crippen LogP contribution in [0.5, 0.6) is 0 Å². The molecular weight excluding hydrogens is 729 g/mol. The van der Waals surface area contributed by atoms with Crippen LogP contribution in [0.3, 0.4) is 0 Å². The Morgan fingerprint density at radius 2 is 0.850 bits per heavy atom. The van der Waals surface area contributed by atoms with Gasteiger partial charge in [-0.25, -0.2) is 4.99 Å².